The fourth-order valence-corrected chi connectivity index (χ4v) is 10.7. The van der Waals surface area contributed by atoms with Crippen molar-refractivity contribution in [1.82, 2.24) is 0 Å². The lowest BCUT2D eigenvalue weighted by atomic mass is 9.93. The van der Waals surface area contributed by atoms with Crippen molar-refractivity contribution in [3.63, 3.8) is 0 Å². The van der Waals surface area contributed by atoms with Crippen molar-refractivity contribution in [1.29, 1.82) is 0 Å². The molecule has 4 heteroatoms. The lowest BCUT2D eigenvalue weighted by molar-refractivity contribution is 0.930. The number of nitrogens with zero attached hydrogens (tertiary/aromatic N) is 2. The first-order valence-corrected chi connectivity index (χ1v) is 21.5. The molecular weight excluding hydrogens is 741 g/mol. The number of hydrogen-bond acceptors (Lipinski definition) is 4. The van der Waals surface area contributed by atoms with E-state index >= 15 is 0 Å². The van der Waals surface area contributed by atoms with Crippen molar-refractivity contribution in [2.45, 2.75) is 12.8 Å². The Morgan fingerprint density at radius 3 is 1.29 bits per heavy atom. The third-order valence-electron chi connectivity index (χ3n) is 11.4. The van der Waals surface area contributed by atoms with Crippen molar-refractivity contribution in [2.24, 2.45) is 0 Å². The summed E-state index contributed by atoms with van der Waals surface area (Å²) in [5.74, 6) is 0. The lowest BCUT2D eigenvalue weighted by Crippen LogP contribution is -2.17. The number of allylic oxidation sites excluding steroid dienone is 4. The van der Waals surface area contributed by atoms with Gasteiger partial charge in [0, 0.05) is 74.5 Å². The minimum Gasteiger partial charge on any atom is -0.314 e. The zero-order valence-electron chi connectivity index (χ0n) is 31.8. The molecule has 0 saturated heterocycles. The molecule has 10 aromatic rings. The molecule has 0 spiro atoms. The molecule has 8 aromatic carbocycles. The van der Waals surface area contributed by atoms with Crippen LogP contribution in [0.15, 0.2) is 212 Å². The second-order valence-corrected chi connectivity index (χ2v) is 17.0. The zero-order chi connectivity index (χ0) is 38.4. The number of fused-ring (bicyclic) bond motifs is 6. The van der Waals surface area contributed by atoms with Crippen molar-refractivity contribution < 1.29 is 0 Å². The van der Waals surface area contributed by atoms with Crippen molar-refractivity contribution in [3.05, 3.63) is 218 Å². The van der Waals surface area contributed by atoms with Crippen LogP contribution in [0.2, 0.25) is 0 Å². The lowest BCUT2D eigenvalue weighted by Gasteiger charge is -2.30. The molecule has 276 valence electrons. The molecule has 0 aliphatic heterocycles. The van der Waals surface area contributed by atoms with Crippen LogP contribution in [0, 0.1) is 0 Å². The van der Waals surface area contributed by atoms with Crippen LogP contribution in [0.1, 0.15) is 18.4 Å². The number of thiophene rings is 2. The van der Waals surface area contributed by atoms with Crippen LogP contribution in [0.3, 0.4) is 0 Å². The molecule has 0 radical (unpaired) electrons. The SMILES string of the molecule is C1=C(c2ccc(-c3ccc(N(c4ccccc4)c4ccc5sc6ccccc6c5c4)cc3)cc2)CCC(N(c2ccccc2)c2ccc3sc4ccccc4c3c2)=C1. The molecule has 11 rings (SSSR count). The molecule has 0 amide bonds. The fraction of sp³-hybridized carbons (Fsp3) is 0.0370. The second kappa shape index (κ2) is 14.7. The van der Waals surface area contributed by atoms with E-state index in [9.17, 15) is 0 Å². The molecule has 2 nitrogen and oxygen atoms in total. The number of benzene rings is 8. The number of para-hydroxylation sites is 2. The summed E-state index contributed by atoms with van der Waals surface area (Å²) in [6, 6.07) is 70.8. The highest BCUT2D eigenvalue weighted by atomic mass is 32.1. The highest BCUT2D eigenvalue weighted by molar-refractivity contribution is 7.26. The van der Waals surface area contributed by atoms with Gasteiger partial charge in [-0.25, -0.2) is 0 Å². The first kappa shape index (κ1) is 34.5. The molecule has 0 unspecified atom stereocenters. The molecule has 0 bridgehead atoms. The van der Waals surface area contributed by atoms with Gasteiger partial charge in [0.1, 0.15) is 0 Å². The van der Waals surface area contributed by atoms with Crippen molar-refractivity contribution in [3.8, 4) is 11.1 Å². The largest absolute Gasteiger partial charge is 0.314 e. The van der Waals surface area contributed by atoms with Gasteiger partial charge >= 0.3 is 0 Å². The minimum absolute atomic E-state index is 0.958. The van der Waals surface area contributed by atoms with E-state index in [-0.39, 0.29) is 0 Å². The summed E-state index contributed by atoms with van der Waals surface area (Å²) in [6.07, 6.45) is 6.59. The Labute approximate surface area is 346 Å². The van der Waals surface area contributed by atoms with E-state index < -0.39 is 0 Å². The van der Waals surface area contributed by atoms with Crippen LogP contribution in [0.5, 0.6) is 0 Å². The monoisotopic (exact) mass is 778 g/mol. The van der Waals surface area contributed by atoms with Gasteiger partial charge in [-0.15, -0.1) is 22.7 Å². The Kier molecular flexibility index (Phi) is 8.72. The van der Waals surface area contributed by atoms with E-state index in [0.29, 0.717) is 0 Å². The molecule has 2 aromatic heterocycles. The zero-order valence-corrected chi connectivity index (χ0v) is 33.4. The van der Waals surface area contributed by atoms with Crippen LogP contribution in [0.25, 0.3) is 57.0 Å². The van der Waals surface area contributed by atoms with Crippen molar-refractivity contribution in [2.75, 3.05) is 9.80 Å². The van der Waals surface area contributed by atoms with Gasteiger partial charge in [-0.05, 0) is 126 Å². The van der Waals surface area contributed by atoms with E-state index in [1.807, 2.05) is 22.7 Å². The number of anilines is 5. The average molecular weight is 779 g/mol. The van der Waals surface area contributed by atoms with Gasteiger partial charge in [-0.3, -0.25) is 0 Å². The molecule has 58 heavy (non-hydrogen) atoms. The van der Waals surface area contributed by atoms with E-state index in [2.05, 4.69) is 216 Å². The van der Waals surface area contributed by atoms with Crippen LogP contribution in [-0.2, 0) is 0 Å². The van der Waals surface area contributed by atoms with Crippen LogP contribution < -0.4 is 9.80 Å². The normalized spacial score (nSPS) is 12.9. The Morgan fingerprint density at radius 2 is 0.741 bits per heavy atom. The highest BCUT2D eigenvalue weighted by Crippen LogP contribution is 2.43. The third-order valence-corrected chi connectivity index (χ3v) is 13.7. The summed E-state index contributed by atoms with van der Waals surface area (Å²) in [5.41, 5.74) is 12.2. The topological polar surface area (TPSA) is 6.48 Å². The molecular formula is C54H38N2S2. The predicted octanol–water partition coefficient (Wildman–Crippen LogP) is 16.5. The van der Waals surface area contributed by atoms with Gasteiger partial charge in [-0.2, -0.15) is 0 Å². The molecule has 1 aliphatic rings. The van der Waals surface area contributed by atoms with Gasteiger partial charge < -0.3 is 9.80 Å². The summed E-state index contributed by atoms with van der Waals surface area (Å²) >= 11 is 3.72. The summed E-state index contributed by atoms with van der Waals surface area (Å²) in [7, 11) is 0. The Morgan fingerprint density at radius 1 is 0.310 bits per heavy atom. The van der Waals surface area contributed by atoms with E-state index in [0.717, 1.165) is 29.9 Å². The molecule has 0 N–H and O–H groups in total. The summed E-state index contributed by atoms with van der Waals surface area (Å²) in [6.45, 7) is 0. The van der Waals surface area contributed by atoms with Gasteiger partial charge in [0.25, 0.3) is 0 Å². The maximum Gasteiger partial charge on any atom is 0.0468 e. The number of rotatable bonds is 8. The van der Waals surface area contributed by atoms with Crippen LogP contribution >= 0.6 is 22.7 Å². The van der Waals surface area contributed by atoms with E-state index in [1.54, 1.807) is 0 Å². The highest BCUT2D eigenvalue weighted by Gasteiger charge is 2.20. The molecule has 0 fully saturated rings. The smallest absolute Gasteiger partial charge is 0.0468 e. The van der Waals surface area contributed by atoms with Gasteiger partial charge in [0.2, 0.25) is 0 Å². The van der Waals surface area contributed by atoms with Crippen LogP contribution in [-0.4, -0.2) is 0 Å². The van der Waals surface area contributed by atoms with Gasteiger partial charge in [0.05, 0.1) is 0 Å². The fourth-order valence-electron chi connectivity index (χ4n) is 8.52. The minimum atomic E-state index is 0.958. The Bertz CT molecular complexity index is 3150. The second-order valence-electron chi connectivity index (χ2n) is 14.9. The van der Waals surface area contributed by atoms with E-state index in [1.165, 1.54) is 79.7 Å². The Balaban J connectivity index is 0.872. The first-order valence-electron chi connectivity index (χ1n) is 19.9. The van der Waals surface area contributed by atoms with Crippen LogP contribution in [0.4, 0.5) is 28.4 Å². The number of hydrogen-bond donors (Lipinski definition) is 0. The summed E-state index contributed by atoms with van der Waals surface area (Å²) in [4.78, 5) is 4.80. The van der Waals surface area contributed by atoms with Gasteiger partial charge in [-0.1, -0.05) is 115 Å². The van der Waals surface area contributed by atoms with Crippen molar-refractivity contribution >= 4 is 97.0 Å². The van der Waals surface area contributed by atoms with E-state index in [4.69, 9.17) is 0 Å². The molecule has 0 saturated carbocycles. The quantitative estimate of drug-likeness (QED) is 0.152. The summed E-state index contributed by atoms with van der Waals surface area (Å²) in [5, 5.41) is 5.26. The molecule has 0 atom stereocenters. The first-order chi connectivity index (χ1) is 28.7. The molecule has 1 aliphatic carbocycles. The molecule has 2 heterocycles. The standard InChI is InChI=1S/C54H38N2S2/c1-3-11-41(12-4-1)55(45-31-33-53-49(35-45)47-15-7-9-17-51(47)57-53)43-27-23-39(24-28-43)37-19-21-38(22-20-37)40-25-29-44(30-26-40)56(42-13-5-2-6-14-42)46-32-34-54-50(36-46)48-16-8-10-18-52(48)58-54/h1-25,27-29,31-36H,26,30H2. The Hall–Kier alpha value is -6.72. The predicted molar refractivity (Wildman–Crippen MR) is 253 cm³/mol. The summed E-state index contributed by atoms with van der Waals surface area (Å²) < 4.78 is 5.29. The third kappa shape index (κ3) is 6.28. The van der Waals surface area contributed by atoms with Gasteiger partial charge in [0.15, 0.2) is 0 Å². The maximum atomic E-state index is 2.44. The average Bonchev–Trinajstić information content (AvgIpc) is 3.86. The maximum absolute atomic E-state index is 2.44.